The van der Waals surface area contributed by atoms with Gasteiger partial charge in [0.1, 0.15) is 30.2 Å². The largest absolute Gasteiger partial charge is 0.394 e. The maximum Gasteiger partial charge on any atom is 0.248 e. The van der Waals surface area contributed by atoms with Crippen LogP contribution in [0.4, 0.5) is 0 Å². The first kappa shape index (κ1) is 61.6. The van der Waals surface area contributed by atoms with Crippen LogP contribution in [0.3, 0.4) is 0 Å². The Morgan fingerprint density at radius 3 is 1.90 bits per heavy atom. The fourth-order valence-electron chi connectivity index (χ4n) is 7.11. The average Bonchev–Trinajstić information content (AvgIpc) is 3.30. The number of carbonyl (C=O) groups excluding carboxylic acids is 9. The number of amides is 9. The highest BCUT2D eigenvalue weighted by Crippen LogP contribution is 2.14. The van der Waals surface area contributed by atoms with Crippen molar-refractivity contribution in [3.8, 4) is 0 Å². The molecule has 9 amide bonds. The van der Waals surface area contributed by atoms with Gasteiger partial charge in [0.15, 0.2) is 5.96 Å². The van der Waals surface area contributed by atoms with Crippen LogP contribution in [-0.4, -0.2) is 141 Å². The van der Waals surface area contributed by atoms with E-state index < -0.39 is 97.2 Å². The molecule has 1 rings (SSSR count). The van der Waals surface area contributed by atoms with E-state index in [1.165, 1.54) is 69.9 Å². The third-order valence-electron chi connectivity index (χ3n) is 11.0. The van der Waals surface area contributed by atoms with Crippen LogP contribution in [0.1, 0.15) is 136 Å². The van der Waals surface area contributed by atoms with Crippen LogP contribution >= 0.6 is 11.8 Å². The Kier molecular flexibility index (Phi) is 33.4. The number of hydrogen-bond acceptors (Lipinski definition) is 12. The Morgan fingerprint density at radius 1 is 0.754 bits per heavy atom. The fraction of sp³-hybridized carbons (Fsp3) is 0.739. The number of carbonyl (C=O) groups is 9. The molecule has 0 aromatic carbocycles. The smallest absolute Gasteiger partial charge is 0.248 e. The van der Waals surface area contributed by atoms with E-state index in [9.17, 15) is 48.3 Å². The molecule has 0 saturated carbocycles. The molecule has 0 aromatic heterocycles. The molecule has 23 heteroatoms. The highest BCUT2D eigenvalue weighted by molar-refractivity contribution is 8.02. The standard InChI is InChI=1S/C46H82N12O10S/c1-31(2)26-34-43(66)53-28-39(62)56-36(29-59)44(67)50-24-25-69-30-40(63)55-33(21-22-37(47)60)42(65)52-27-35(45(68)57-34)58-41(64)32(3)54-38(61)20-18-16-14-12-10-8-6-7-9-11-13-15-17-19-23-51-46(48-4)49-5/h24-25,31-36,59H,6-23,26-30H2,1-5H3,(H2,47,60)(H,50,67)(H,52,65)(H,53,66)(H,54,61)(H,55,63)(H,56,62)(H,57,68)(H,58,64)(H2,48,49,51)/b25-24-. The lowest BCUT2D eigenvalue weighted by Crippen LogP contribution is -2.60. The zero-order valence-corrected chi connectivity index (χ0v) is 42.3. The van der Waals surface area contributed by atoms with Gasteiger partial charge in [-0.15, -0.1) is 11.8 Å². The van der Waals surface area contributed by atoms with Gasteiger partial charge < -0.3 is 64.0 Å². The molecule has 5 unspecified atom stereocenters. The molecule has 22 nitrogen and oxygen atoms in total. The van der Waals surface area contributed by atoms with E-state index in [0.29, 0.717) is 6.42 Å². The van der Waals surface area contributed by atoms with Gasteiger partial charge in [-0.05, 0) is 43.9 Å². The predicted octanol–water partition coefficient (Wildman–Crippen LogP) is -0.0529. The van der Waals surface area contributed by atoms with Crippen molar-refractivity contribution < 1.29 is 48.3 Å². The number of nitrogens with two attached hydrogens (primary N) is 1. The van der Waals surface area contributed by atoms with E-state index in [4.69, 9.17) is 5.73 Å². The molecule has 0 fully saturated rings. The number of nitrogens with zero attached hydrogens (tertiary/aromatic N) is 1. The van der Waals surface area contributed by atoms with Crippen molar-refractivity contribution in [2.45, 2.75) is 167 Å². The van der Waals surface area contributed by atoms with Gasteiger partial charge in [-0.2, -0.15) is 0 Å². The number of aliphatic hydroxyl groups is 1. The highest BCUT2D eigenvalue weighted by Gasteiger charge is 2.31. The Morgan fingerprint density at radius 2 is 1.33 bits per heavy atom. The molecule has 13 N–H and O–H groups in total. The molecule has 0 spiro atoms. The molecule has 0 saturated heterocycles. The molecule has 1 heterocycles. The summed E-state index contributed by atoms with van der Waals surface area (Å²) in [4.78, 5) is 121. The molecule has 0 radical (unpaired) electrons. The maximum atomic E-state index is 13.9. The van der Waals surface area contributed by atoms with Gasteiger partial charge in [-0.25, -0.2) is 0 Å². The molecule has 0 aromatic rings. The summed E-state index contributed by atoms with van der Waals surface area (Å²) < 4.78 is 0. The summed E-state index contributed by atoms with van der Waals surface area (Å²) in [5, 5.41) is 37.2. The van der Waals surface area contributed by atoms with Crippen molar-refractivity contribution >= 4 is 70.9 Å². The Hall–Kier alpha value is -5.45. The number of thioether (sulfide) groups is 1. The summed E-state index contributed by atoms with van der Waals surface area (Å²) >= 11 is 0.926. The second-order valence-electron chi connectivity index (χ2n) is 17.5. The van der Waals surface area contributed by atoms with Crippen molar-refractivity contribution in [2.75, 3.05) is 46.1 Å². The number of aliphatic hydroxyl groups excluding tert-OH is 1. The minimum atomic E-state index is -1.52. The first-order chi connectivity index (χ1) is 33.0. The summed E-state index contributed by atoms with van der Waals surface area (Å²) in [5.41, 5.74) is 5.32. The van der Waals surface area contributed by atoms with E-state index in [0.717, 1.165) is 56.4 Å². The van der Waals surface area contributed by atoms with Crippen LogP contribution in [0.15, 0.2) is 16.6 Å². The lowest BCUT2D eigenvalue weighted by Gasteiger charge is -2.26. The quantitative estimate of drug-likeness (QED) is 0.0308. The Balaban J connectivity index is 2.84. The molecule has 1 aliphatic heterocycles. The minimum Gasteiger partial charge on any atom is -0.394 e. The van der Waals surface area contributed by atoms with Gasteiger partial charge >= 0.3 is 0 Å². The van der Waals surface area contributed by atoms with Gasteiger partial charge in [0, 0.05) is 46.2 Å². The van der Waals surface area contributed by atoms with Gasteiger partial charge in [-0.1, -0.05) is 90.9 Å². The zero-order valence-electron chi connectivity index (χ0n) is 41.4. The Bertz CT molecular complexity index is 1680. The lowest BCUT2D eigenvalue weighted by molar-refractivity contribution is -0.134. The second kappa shape index (κ2) is 37.4. The van der Waals surface area contributed by atoms with Crippen LogP contribution in [-0.2, 0) is 43.2 Å². The van der Waals surface area contributed by atoms with Crippen molar-refractivity contribution in [3.05, 3.63) is 11.6 Å². The molecular weight excluding hydrogens is 913 g/mol. The van der Waals surface area contributed by atoms with Crippen LogP contribution in [0.25, 0.3) is 0 Å². The molecule has 5 atom stereocenters. The summed E-state index contributed by atoms with van der Waals surface area (Å²) in [6.45, 7) is 4.01. The average molecular weight is 995 g/mol. The lowest BCUT2D eigenvalue weighted by atomic mass is 10.0. The van der Waals surface area contributed by atoms with E-state index in [1.54, 1.807) is 20.9 Å². The molecule has 1 aliphatic rings. The highest BCUT2D eigenvalue weighted by atomic mass is 32.2. The number of guanidine groups is 1. The summed E-state index contributed by atoms with van der Waals surface area (Å²) in [6, 6.07) is -6.54. The van der Waals surface area contributed by atoms with E-state index >= 15 is 0 Å². The van der Waals surface area contributed by atoms with Crippen molar-refractivity contribution in [3.63, 3.8) is 0 Å². The van der Waals surface area contributed by atoms with Crippen LogP contribution in [0.5, 0.6) is 0 Å². The van der Waals surface area contributed by atoms with E-state index in [2.05, 4.69) is 58.2 Å². The fourth-order valence-corrected chi connectivity index (χ4v) is 7.61. The SMILES string of the molecule is CN=C(NC)NCCCCCCCCCCCCCCCCC(=O)NC(C)C(=O)NC1CNC(=O)C(CCC(N)=O)NC(=O)CS/C=C\NC(=O)C(CO)NC(=O)CNC(=O)C(CC(C)C)NC1=O. The summed E-state index contributed by atoms with van der Waals surface area (Å²) in [6.07, 6.45) is 16.8. The van der Waals surface area contributed by atoms with Crippen LogP contribution in [0, 0.1) is 5.92 Å². The third kappa shape index (κ3) is 29.9. The van der Waals surface area contributed by atoms with Gasteiger partial charge in [0.05, 0.1) is 18.9 Å². The number of rotatable bonds is 26. The van der Waals surface area contributed by atoms with Gasteiger partial charge in [0.2, 0.25) is 53.2 Å². The number of hydrogen-bond donors (Lipinski definition) is 12. The zero-order chi connectivity index (χ0) is 51.4. The Labute approximate surface area is 412 Å². The third-order valence-corrected chi connectivity index (χ3v) is 11.8. The summed E-state index contributed by atoms with van der Waals surface area (Å²) in [7, 11) is 3.62. The minimum absolute atomic E-state index is 0.0835. The van der Waals surface area contributed by atoms with Crippen LogP contribution in [0.2, 0.25) is 0 Å². The number of unbranched alkanes of at least 4 members (excludes halogenated alkanes) is 13. The first-order valence-corrected chi connectivity index (χ1v) is 25.4. The molecule has 0 aliphatic carbocycles. The van der Waals surface area contributed by atoms with E-state index in [1.807, 2.05) is 7.05 Å². The number of primary amides is 1. The van der Waals surface area contributed by atoms with Crippen LogP contribution < -0.4 is 58.9 Å². The number of aliphatic imine (C=N–C) groups is 1. The van der Waals surface area contributed by atoms with Crippen molar-refractivity contribution in [1.29, 1.82) is 0 Å². The number of nitrogens with one attached hydrogen (secondary N) is 10. The normalized spacial score (nSPS) is 20.3. The topological polar surface area (TPSA) is 333 Å². The van der Waals surface area contributed by atoms with Crippen molar-refractivity contribution in [1.82, 2.24) is 53.2 Å². The van der Waals surface area contributed by atoms with Crippen molar-refractivity contribution in [2.24, 2.45) is 16.6 Å². The monoisotopic (exact) mass is 995 g/mol. The summed E-state index contributed by atoms with van der Waals surface area (Å²) in [5.74, 6) is -6.16. The predicted molar refractivity (Wildman–Crippen MR) is 266 cm³/mol. The van der Waals surface area contributed by atoms with Gasteiger partial charge in [-0.3, -0.25) is 48.1 Å². The molecular formula is C46H82N12O10S. The molecule has 392 valence electrons. The molecule has 0 bridgehead atoms. The first-order valence-electron chi connectivity index (χ1n) is 24.4. The van der Waals surface area contributed by atoms with Gasteiger partial charge in [0.25, 0.3) is 0 Å². The van der Waals surface area contributed by atoms with E-state index in [-0.39, 0.29) is 43.3 Å². The maximum absolute atomic E-state index is 13.9. The second-order valence-corrected chi connectivity index (χ2v) is 18.4. The molecule has 69 heavy (non-hydrogen) atoms.